The van der Waals surface area contributed by atoms with Crippen LogP contribution in [0.15, 0.2) is 24.3 Å². The third kappa shape index (κ3) is 25.6. The second kappa shape index (κ2) is 23.0. The molecule has 0 spiro atoms. The fraction of sp³-hybridized carbons (Fsp3) is 0.667. The van der Waals surface area contributed by atoms with Crippen molar-refractivity contribution >= 4 is 12.6 Å². The van der Waals surface area contributed by atoms with Crippen molar-refractivity contribution in [2.75, 3.05) is 0 Å². The van der Waals surface area contributed by atoms with Crippen LogP contribution in [0.1, 0.15) is 78.1 Å². The number of allylic oxidation sites excluding steroid dienone is 4. The summed E-state index contributed by atoms with van der Waals surface area (Å²) >= 11 is 0. The van der Waals surface area contributed by atoms with Crippen LogP contribution >= 0.6 is 0 Å². The summed E-state index contributed by atoms with van der Waals surface area (Å²) in [6.45, 7) is 4.39. The first-order valence-electron chi connectivity index (χ1n) is 8.04. The summed E-state index contributed by atoms with van der Waals surface area (Å²) in [5, 5.41) is 0. The molecule has 0 heterocycles. The van der Waals surface area contributed by atoms with Crippen LogP contribution in [-0.4, -0.2) is 12.6 Å². The first-order valence-corrected chi connectivity index (χ1v) is 8.04. The van der Waals surface area contributed by atoms with Crippen molar-refractivity contribution in [1.29, 1.82) is 0 Å². The van der Waals surface area contributed by atoms with Gasteiger partial charge in [0.1, 0.15) is 12.6 Å². The van der Waals surface area contributed by atoms with Crippen molar-refractivity contribution in [2.24, 2.45) is 0 Å². The Kier molecular flexibility index (Phi) is 24.2. The van der Waals surface area contributed by atoms with Crippen molar-refractivity contribution in [2.45, 2.75) is 78.1 Å². The van der Waals surface area contributed by atoms with Gasteiger partial charge in [-0.3, -0.25) is 9.59 Å². The Morgan fingerprint density at radius 3 is 1.30 bits per heavy atom. The highest BCUT2D eigenvalue weighted by Gasteiger charge is 1.83. The Labute approximate surface area is 125 Å². The molecule has 0 fully saturated rings. The maximum atomic E-state index is 9.81. The van der Waals surface area contributed by atoms with Gasteiger partial charge in [0, 0.05) is 0 Å². The Morgan fingerprint density at radius 1 is 0.600 bits per heavy atom. The summed E-state index contributed by atoms with van der Waals surface area (Å²) in [4.78, 5) is 19.6. The number of hydrogen-bond acceptors (Lipinski definition) is 2. The fourth-order valence-electron chi connectivity index (χ4n) is 1.68. The summed E-state index contributed by atoms with van der Waals surface area (Å²) in [6.07, 6.45) is 21.0. The number of hydrogen-bond donors (Lipinski definition) is 0. The van der Waals surface area contributed by atoms with Crippen LogP contribution in [0.4, 0.5) is 0 Å². The van der Waals surface area contributed by atoms with E-state index in [1.165, 1.54) is 51.4 Å². The van der Waals surface area contributed by atoms with Crippen LogP contribution in [0.3, 0.4) is 0 Å². The van der Waals surface area contributed by atoms with E-state index in [2.05, 4.69) is 13.8 Å². The molecule has 116 valence electrons. The van der Waals surface area contributed by atoms with Crippen molar-refractivity contribution in [3.05, 3.63) is 24.3 Å². The zero-order chi connectivity index (χ0) is 15.3. The molecule has 20 heavy (non-hydrogen) atoms. The van der Waals surface area contributed by atoms with Crippen LogP contribution in [0.25, 0.3) is 0 Å². The van der Waals surface area contributed by atoms with Gasteiger partial charge in [0.15, 0.2) is 0 Å². The molecule has 2 nitrogen and oxygen atoms in total. The number of unbranched alkanes of at least 4 members (excludes halogenated alkanes) is 8. The second-order valence-electron chi connectivity index (χ2n) is 4.83. The molecule has 2 heteroatoms. The van der Waals surface area contributed by atoms with Gasteiger partial charge in [-0.2, -0.15) is 0 Å². The van der Waals surface area contributed by atoms with Gasteiger partial charge in [0.25, 0.3) is 0 Å². The summed E-state index contributed by atoms with van der Waals surface area (Å²) in [5.41, 5.74) is 0. The van der Waals surface area contributed by atoms with Gasteiger partial charge < -0.3 is 0 Å². The van der Waals surface area contributed by atoms with Gasteiger partial charge in [-0.05, 0) is 37.8 Å². The lowest BCUT2D eigenvalue weighted by atomic mass is 10.1. The minimum Gasteiger partial charge on any atom is -0.299 e. The monoisotopic (exact) mass is 280 g/mol. The molecule has 0 N–H and O–H groups in total. The molecule has 0 saturated heterocycles. The largest absolute Gasteiger partial charge is 0.299 e. The number of aldehydes is 2. The maximum Gasteiger partial charge on any atom is 0.142 e. The standard InChI is InChI=1S/2C9H16O/c2*1-2-3-4-5-6-7-8-9-10/h2*7-9H,2-6H2,1H3/b8-7+;. The molecule has 0 unspecified atom stereocenters. The normalized spacial score (nSPS) is 10.5. The minimum atomic E-state index is 0.833. The topological polar surface area (TPSA) is 34.1 Å². The highest BCUT2D eigenvalue weighted by atomic mass is 16.1. The number of carbonyl (C=O) groups excluding carboxylic acids is 2. The van der Waals surface area contributed by atoms with Crippen LogP contribution in [0.2, 0.25) is 0 Å². The third-order valence-electron chi connectivity index (χ3n) is 2.88. The zero-order valence-electron chi connectivity index (χ0n) is 13.4. The van der Waals surface area contributed by atoms with Crippen molar-refractivity contribution in [1.82, 2.24) is 0 Å². The molecule has 0 aliphatic heterocycles. The molecule has 0 saturated carbocycles. The van der Waals surface area contributed by atoms with E-state index in [4.69, 9.17) is 0 Å². The van der Waals surface area contributed by atoms with Crippen molar-refractivity contribution in [3.63, 3.8) is 0 Å². The molecule has 0 aliphatic carbocycles. The van der Waals surface area contributed by atoms with E-state index >= 15 is 0 Å². The van der Waals surface area contributed by atoms with Gasteiger partial charge in [-0.25, -0.2) is 0 Å². The van der Waals surface area contributed by atoms with Crippen LogP contribution in [0.5, 0.6) is 0 Å². The molecule has 0 aliphatic rings. The lowest BCUT2D eigenvalue weighted by Crippen LogP contribution is -1.73. The molecule has 0 radical (unpaired) electrons. The first-order chi connectivity index (χ1) is 9.83. The Morgan fingerprint density at radius 2 is 1.00 bits per heavy atom. The predicted molar refractivity (Wildman–Crippen MR) is 87.9 cm³/mol. The van der Waals surface area contributed by atoms with E-state index in [9.17, 15) is 9.59 Å². The number of carbonyl (C=O) groups is 2. The Bertz CT molecular complexity index is 216. The minimum absolute atomic E-state index is 0.833. The van der Waals surface area contributed by atoms with E-state index in [1.54, 1.807) is 12.2 Å². The van der Waals surface area contributed by atoms with Crippen LogP contribution in [0, 0.1) is 0 Å². The quantitative estimate of drug-likeness (QED) is 0.271. The smallest absolute Gasteiger partial charge is 0.142 e. The van der Waals surface area contributed by atoms with Gasteiger partial charge >= 0.3 is 0 Å². The van der Waals surface area contributed by atoms with Gasteiger partial charge in [-0.15, -0.1) is 0 Å². The molecule has 0 atom stereocenters. The molecule has 0 amide bonds. The van der Waals surface area contributed by atoms with E-state index in [0.29, 0.717) is 0 Å². The average molecular weight is 280 g/mol. The molecular weight excluding hydrogens is 248 g/mol. The first kappa shape index (κ1) is 21.1. The molecular formula is C18H32O2. The number of rotatable bonds is 12. The van der Waals surface area contributed by atoms with Gasteiger partial charge in [-0.1, -0.05) is 64.5 Å². The molecule has 0 aromatic heterocycles. The van der Waals surface area contributed by atoms with Gasteiger partial charge in [0.2, 0.25) is 0 Å². The van der Waals surface area contributed by atoms with E-state index in [-0.39, 0.29) is 0 Å². The fourth-order valence-corrected chi connectivity index (χ4v) is 1.68. The molecule has 0 rings (SSSR count). The molecule has 0 aromatic carbocycles. The van der Waals surface area contributed by atoms with E-state index < -0.39 is 0 Å². The molecule has 0 aromatic rings. The predicted octanol–water partition coefficient (Wildman–Crippen LogP) is 5.42. The van der Waals surface area contributed by atoms with Gasteiger partial charge in [0.05, 0.1) is 0 Å². The lowest BCUT2D eigenvalue weighted by molar-refractivity contribution is -0.104. The second-order valence-corrected chi connectivity index (χ2v) is 4.83. The highest BCUT2D eigenvalue weighted by Crippen LogP contribution is 2.02. The third-order valence-corrected chi connectivity index (χ3v) is 2.88. The highest BCUT2D eigenvalue weighted by molar-refractivity contribution is 5.64. The average Bonchev–Trinajstić information content (AvgIpc) is 2.47. The summed E-state index contributed by atoms with van der Waals surface area (Å²) in [7, 11) is 0. The Hall–Kier alpha value is -1.18. The SMILES string of the molecule is CCCCCC/C=C/C=O.CCCCCCC=CC=O. The summed E-state index contributed by atoms with van der Waals surface area (Å²) in [5.74, 6) is 0. The molecule has 0 bridgehead atoms. The zero-order valence-corrected chi connectivity index (χ0v) is 13.4. The summed E-state index contributed by atoms with van der Waals surface area (Å²) in [6, 6.07) is 0. The van der Waals surface area contributed by atoms with Crippen molar-refractivity contribution in [3.8, 4) is 0 Å². The lowest BCUT2D eigenvalue weighted by Gasteiger charge is -1.92. The maximum absolute atomic E-state index is 9.81. The Balaban J connectivity index is 0. The van der Waals surface area contributed by atoms with Crippen molar-refractivity contribution < 1.29 is 9.59 Å². The van der Waals surface area contributed by atoms with E-state index in [0.717, 1.165) is 25.4 Å². The summed E-state index contributed by atoms with van der Waals surface area (Å²) < 4.78 is 0. The van der Waals surface area contributed by atoms with Crippen LogP contribution < -0.4 is 0 Å². The van der Waals surface area contributed by atoms with Crippen LogP contribution in [-0.2, 0) is 9.59 Å². The van der Waals surface area contributed by atoms with E-state index in [1.807, 2.05) is 12.2 Å².